The van der Waals surface area contributed by atoms with E-state index in [9.17, 15) is 9.59 Å². The molecule has 3 aromatic rings. The lowest BCUT2D eigenvalue weighted by Crippen LogP contribution is -2.46. The average molecular weight is 427 g/mol. The number of amides is 2. The molecule has 0 bridgehead atoms. The molecule has 32 heavy (non-hydrogen) atoms. The van der Waals surface area contributed by atoms with Gasteiger partial charge in [0.1, 0.15) is 5.75 Å². The molecule has 1 aliphatic carbocycles. The standard InChI is InChI=1S/C27H26N2O3/c1-32-20-8-6-7-18(15-20)16-29-17-19(13-14-25(29)30)27(31)28-26-23-11-4-2-9-21(23)22-10-3-5-12-24(22)26/h2-12,15,19,26H,13-14,16-17H2,1H3,(H,28,31). The van der Waals surface area contributed by atoms with Gasteiger partial charge in [-0.2, -0.15) is 0 Å². The molecule has 0 spiro atoms. The molecule has 5 nitrogen and oxygen atoms in total. The highest BCUT2D eigenvalue weighted by molar-refractivity contribution is 5.86. The number of carbonyl (C=O) groups is 2. The highest BCUT2D eigenvalue weighted by Gasteiger charge is 2.34. The third-order valence-electron chi connectivity index (χ3n) is 6.50. The molecule has 1 fully saturated rings. The van der Waals surface area contributed by atoms with Crippen molar-refractivity contribution in [3.8, 4) is 16.9 Å². The van der Waals surface area contributed by atoms with Gasteiger partial charge < -0.3 is 15.0 Å². The van der Waals surface area contributed by atoms with Gasteiger partial charge in [0.05, 0.1) is 19.1 Å². The second-order valence-corrected chi connectivity index (χ2v) is 8.48. The Morgan fingerprint density at radius 3 is 2.38 bits per heavy atom. The van der Waals surface area contributed by atoms with Gasteiger partial charge in [0.2, 0.25) is 11.8 Å². The van der Waals surface area contributed by atoms with Crippen molar-refractivity contribution < 1.29 is 14.3 Å². The fraction of sp³-hybridized carbons (Fsp3) is 0.259. The molecule has 2 aliphatic rings. The molecule has 2 amide bonds. The largest absolute Gasteiger partial charge is 0.497 e. The second kappa shape index (κ2) is 8.50. The molecule has 1 aliphatic heterocycles. The first-order valence-corrected chi connectivity index (χ1v) is 11.0. The lowest BCUT2D eigenvalue weighted by molar-refractivity contribution is -0.139. The molecule has 0 radical (unpaired) electrons. The smallest absolute Gasteiger partial charge is 0.225 e. The second-order valence-electron chi connectivity index (χ2n) is 8.48. The van der Waals surface area contributed by atoms with Crippen LogP contribution in [0.2, 0.25) is 0 Å². The number of methoxy groups -OCH3 is 1. The van der Waals surface area contributed by atoms with E-state index in [0.717, 1.165) is 22.4 Å². The maximum atomic E-state index is 13.3. The van der Waals surface area contributed by atoms with E-state index in [1.165, 1.54) is 11.1 Å². The minimum atomic E-state index is -0.224. The molecule has 5 heteroatoms. The zero-order valence-corrected chi connectivity index (χ0v) is 18.1. The van der Waals surface area contributed by atoms with E-state index in [2.05, 4.69) is 29.6 Å². The Morgan fingerprint density at radius 1 is 1.00 bits per heavy atom. The minimum absolute atomic E-state index is 0.00430. The fourth-order valence-corrected chi connectivity index (χ4v) is 4.84. The Kier molecular flexibility index (Phi) is 5.39. The van der Waals surface area contributed by atoms with Crippen molar-refractivity contribution in [2.24, 2.45) is 5.92 Å². The van der Waals surface area contributed by atoms with Gasteiger partial charge in [-0.05, 0) is 46.4 Å². The third kappa shape index (κ3) is 3.75. The summed E-state index contributed by atoms with van der Waals surface area (Å²) in [5.41, 5.74) is 5.60. The SMILES string of the molecule is COc1cccc(CN2CC(C(=O)NC3c4ccccc4-c4ccccc43)CCC2=O)c1. The van der Waals surface area contributed by atoms with Gasteiger partial charge in [0.15, 0.2) is 0 Å². The van der Waals surface area contributed by atoms with Crippen LogP contribution in [0.5, 0.6) is 5.75 Å². The lowest BCUT2D eigenvalue weighted by Gasteiger charge is -2.33. The number of likely N-dealkylation sites (tertiary alicyclic amines) is 1. The summed E-state index contributed by atoms with van der Waals surface area (Å²) < 4.78 is 5.29. The van der Waals surface area contributed by atoms with Crippen LogP contribution in [0.25, 0.3) is 11.1 Å². The summed E-state index contributed by atoms with van der Waals surface area (Å²) in [6.07, 6.45) is 0.967. The molecule has 162 valence electrons. The summed E-state index contributed by atoms with van der Waals surface area (Å²) in [6.45, 7) is 0.910. The maximum absolute atomic E-state index is 13.3. The van der Waals surface area contributed by atoms with Gasteiger partial charge in [-0.1, -0.05) is 60.7 Å². The van der Waals surface area contributed by atoms with Crippen LogP contribution < -0.4 is 10.1 Å². The molecule has 1 atom stereocenters. The zero-order chi connectivity index (χ0) is 22.1. The zero-order valence-electron chi connectivity index (χ0n) is 18.1. The highest BCUT2D eigenvalue weighted by atomic mass is 16.5. The molecule has 1 saturated heterocycles. The first-order valence-electron chi connectivity index (χ1n) is 11.0. The Labute approximate surface area is 188 Å². The van der Waals surface area contributed by atoms with Crippen molar-refractivity contribution in [1.82, 2.24) is 10.2 Å². The van der Waals surface area contributed by atoms with Crippen LogP contribution in [0.3, 0.4) is 0 Å². The van der Waals surface area contributed by atoms with Crippen LogP contribution in [-0.4, -0.2) is 30.4 Å². The number of carbonyl (C=O) groups excluding carboxylic acids is 2. The van der Waals surface area contributed by atoms with Crippen LogP contribution in [0.4, 0.5) is 0 Å². The summed E-state index contributed by atoms with van der Waals surface area (Å²) in [4.78, 5) is 27.7. The van der Waals surface area contributed by atoms with Crippen molar-refractivity contribution in [2.75, 3.05) is 13.7 Å². The van der Waals surface area contributed by atoms with Crippen LogP contribution in [0.1, 0.15) is 35.6 Å². The van der Waals surface area contributed by atoms with E-state index in [-0.39, 0.29) is 23.8 Å². The van der Waals surface area contributed by atoms with Crippen LogP contribution in [0, 0.1) is 5.92 Å². The molecule has 0 saturated carbocycles. The lowest BCUT2D eigenvalue weighted by atomic mass is 9.95. The minimum Gasteiger partial charge on any atom is -0.497 e. The molecule has 0 aromatic heterocycles. The third-order valence-corrected chi connectivity index (χ3v) is 6.50. The summed E-state index contributed by atoms with van der Waals surface area (Å²) >= 11 is 0. The maximum Gasteiger partial charge on any atom is 0.225 e. The number of fused-ring (bicyclic) bond motifs is 3. The Balaban J connectivity index is 1.32. The van der Waals surface area contributed by atoms with E-state index < -0.39 is 0 Å². The molecule has 5 rings (SSSR count). The molecular formula is C27H26N2O3. The van der Waals surface area contributed by atoms with E-state index in [1.807, 2.05) is 48.5 Å². The van der Waals surface area contributed by atoms with E-state index in [4.69, 9.17) is 4.74 Å². The molecule has 3 aromatic carbocycles. The van der Waals surface area contributed by atoms with Crippen molar-refractivity contribution in [1.29, 1.82) is 0 Å². The Morgan fingerprint density at radius 2 is 1.69 bits per heavy atom. The van der Waals surface area contributed by atoms with E-state index >= 15 is 0 Å². The average Bonchev–Trinajstić information content (AvgIpc) is 3.14. The fourth-order valence-electron chi connectivity index (χ4n) is 4.84. The number of nitrogens with zero attached hydrogens (tertiary/aromatic N) is 1. The van der Waals surface area contributed by atoms with Crippen molar-refractivity contribution in [2.45, 2.75) is 25.4 Å². The van der Waals surface area contributed by atoms with E-state index in [0.29, 0.717) is 25.9 Å². The van der Waals surface area contributed by atoms with Gasteiger partial charge >= 0.3 is 0 Å². The van der Waals surface area contributed by atoms with Gasteiger partial charge in [-0.25, -0.2) is 0 Å². The summed E-state index contributed by atoms with van der Waals surface area (Å²) in [5, 5.41) is 3.28. The topological polar surface area (TPSA) is 58.6 Å². The van der Waals surface area contributed by atoms with Gasteiger partial charge in [-0.3, -0.25) is 9.59 Å². The number of hydrogen-bond donors (Lipinski definition) is 1. The first kappa shape index (κ1) is 20.3. The highest BCUT2D eigenvalue weighted by Crippen LogP contribution is 2.43. The number of hydrogen-bond acceptors (Lipinski definition) is 3. The number of rotatable bonds is 5. The summed E-state index contributed by atoms with van der Waals surface area (Å²) in [5.74, 6) is 0.635. The predicted molar refractivity (Wildman–Crippen MR) is 123 cm³/mol. The predicted octanol–water partition coefficient (Wildman–Crippen LogP) is 4.32. The van der Waals surface area contributed by atoms with Crippen molar-refractivity contribution in [3.63, 3.8) is 0 Å². The molecule has 1 unspecified atom stereocenters. The van der Waals surface area contributed by atoms with E-state index in [1.54, 1.807) is 12.0 Å². The quantitative estimate of drug-likeness (QED) is 0.661. The monoisotopic (exact) mass is 426 g/mol. The summed E-state index contributed by atoms with van der Waals surface area (Å²) in [6, 6.07) is 24.0. The number of benzene rings is 3. The Hall–Kier alpha value is -3.60. The Bertz CT molecular complexity index is 1130. The first-order chi connectivity index (χ1) is 15.6. The van der Waals surface area contributed by atoms with Crippen molar-refractivity contribution in [3.05, 3.63) is 89.5 Å². The van der Waals surface area contributed by atoms with Gasteiger partial charge in [-0.15, -0.1) is 0 Å². The van der Waals surface area contributed by atoms with Crippen LogP contribution >= 0.6 is 0 Å². The number of ether oxygens (including phenoxy) is 1. The normalized spacial score (nSPS) is 17.6. The number of nitrogens with one attached hydrogen (secondary N) is 1. The number of piperidine rings is 1. The van der Waals surface area contributed by atoms with Gasteiger partial charge in [0.25, 0.3) is 0 Å². The molecule has 1 N–H and O–H groups in total. The summed E-state index contributed by atoms with van der Waals surface area (Å²) in [7, 11) is 1.63. The van der Waals surface area contributed by atoms with Gasteiger partial charge in [0, 0.05) is 19.5 Å². The van der Waals surface area contributed by atoms with Crippen LogP contribution in [-0.2, 0) is 16.1 Å². The van der Waals surface area contributed by atoms with Crippen molar-refractivity contribution >= 4 is 11.8 Å². The van der Waals surface area contributed by atoms with Crippen LogP contribution in [0.15, 0.2) is 72.8 Å². The molecule has 1 heterocycles. The molecular weight excluding hydrogens is 400 g/mol.